The van der Waals surface area contributed by atoms with Crippen LogP contribution >= 0.6 is 0 Å². The van der Waals surface area contributed by atoms with Crippen molar-refractivity contribution in [3.8, 4) is 5.88 Å². The van der Waals surface area contributed by atoms with Crippen molar-refractivity contribution >= 4 is 22.7 Å². The summed E-state index contributed by atoms with van der Waals surface area (Å²) < 4.78 is 5.09. The van der Waals surface area contributed by atoms with Gasteiger partial charge in [0.05, 0.1) is 24.5 Å². The Morgan fingerprint density at radius 2 is 2.35 bits per heavy atom. The topological polar surface area (TPSA) is 115 Å². The quantitative estimate of drug-likeness (QED) is 0.521. The van der Waals surface area contributed by atoms with Crippen molar-refractivity contribution in [1.82, 2.24) is 15.0 Å². The highest BCUT2D eigenvalue weighted by atomic mass is 16.5. The number of nitrogens with zero attached hydrogens (tertiary/aromatic N) is 3. The van der Waals surface area contributed by atoms with Crippen molar-refractivity contribution in [2.75, 3.05) is 19.4 Å². The molecule has 0 aliphatic rings. The molecule has 0 bridgehead atoms. The van der Waals surface area contributed by atoms with E-state index in [0.717, 1.165) is 0 Å². The van der Waals surface area contributed by atoms with Crippen LogP contribution in [-0.2, 0) is 0 Å². The Morgan fingerprint density at radius 3 is 3.00 bits per heavy atom. The van der Waals surface area contributed by atoms with Crippen molar-refractivity contribution < 1.29 is 4.74 Å². The highest BCUT2D eigenvalue weighted by molar-refractivity contribution is 6.11. The zero-order chi connectivity index (χ0) is 12.4. The molecular weight excluding hydrogens is 220 g/mol. The van der Waals surface area contributed by atoms with Crippen molar-refractivity contribution in [3.05, 3.63) is 11.9 Å². The average molecular weight is 234 g/mol. The number of rotatable bonds is 3. The molecular formula is C10H14N6O. The number of nitrogens with two attached hydrogens (primary N) is 2. The molecule has 0 radical (unpaired) electrons. The molecule has 0 aromatic carbocycles. The summed E-state index contributed by atoms with van der Waals surface area (Å²) in [7, 11) is 1.49. The van der Waals surface area contributed by atoms with Crippen LogP contribution in [0.2, 0.25) is 0 Å². The van der Waals surface area contributed by atoms with E-state index < -0.39 is 0 Å². The molecule has 0 fully saturated rings. The maximum absolute atomic E-state index is 5.95. The van der Waals surface area contributed by atoms with Crippen LogP contribution in [0.5, 0.6) is 5.88 Å². The van der Waals surface area contributed by atoms with Crippen molar-refractivity contribution in [1.29, 1.82) is 0 Å². The summed E-state index contributed by atoms with van der Waals surface area (Å²) in [5, 5.41) is 0. The van der Waals surface area contributed by atoms with E-state index in [9.17, 15) is 0 Å². The van der Waals surface area contributed by atoms with E-state index in [-0.39, 0.29) is 0 Å². The Hall–Kier alpha value is -2.31. The van der Waals surface area contributed by atoms with Gasteiger partial charge in [0.15, 0.2) is 5.65 Å². The number of methoxy groups -OCH3 is 1. The van der Waals surface area contributed by atoms with Gasteiger partial charge in [-0.1, -0.05) is 0 Å². The number of hydrogen-bond donors (Lipinski definition) is 3. The van der Waals surface area contributed by atoms with E-state index in [2.05, 4.69) is 19.9 Å². The van der Waals surface area contributed by atoms with E-state index in [1.165, 1.54) is 13.4 Å². The first-order chi connectivity index (χ1) is 8.19. The lowest BCUT2D eigenvalue weighted by molar-refractivity contribution is 0.401. The molecule has 7 heteroatoms. The number of amidine groups is 1. The minimum absolute atomic E-state index is 0.300. The molecule has 17 heavy (non-hydrogen) atoms. The van der Waals surface area contributed by atoms with E-state index in [1.807, 2.05) is 6.92 Å². The molecule has 2 aromatic rings. The molecule has 0 atom stereocenters. The van der Waals surface area contributed by atoms with Gasteiger partial charge in [-0.3, -0.25) is 4.99 Å². The standard InChI is InChI=1S/C10H14N6O/c1-3-13-8(12)5-6(11)10(17-2)16-9-7(5)14-4-15-9/h4H,3,11H2,1-2H3,(H2,12,13)(H,14,15,16). The molecule has 0 amide bonds. The van der Waals surface area contributed by atoms with Crippen molar-refractivity contribution in [2.45, 2.75) is 6.92 Å². The third-order valence-electron chi connectivity index (χ3n) is 2.35. The lowest BCUT2D eigenvalue weighted by Gasteiger charge is -2.09. The molecule has 0 unspecified atom stereocenters. The third kappa shape index (κ3) is 1.75. The zero-order valence-electron chi connectivity index (χ0n) is 9.69. The largest absolute Gasteiger partial charge is 0.479 e. The highest BCUT2D eigenvalue weighted by Gasteiger charge is 2.17. The fourth-order valence-corrected chi connectivity index (χ4v) is 1.62. The Bertz CT molecular complexity index is 573. The Kier molecular flexibility index (Phi) is 2.82. The fourth-order valence-electron chi connectivity index (χ4n) is 1.62. The Balaban J connectivity index is 2.77. The number of imidazole rings is 1. The van der Waals surface area contributed by atoms with Crippen LogP contribution in [0, 0.1) is 0 Å². The van der Waals surface area contributed by atoms with E-state index in [0.29, 0.717) is 40.7 Å². The van der Waals surface area contributed by atoms with Crippen molar-refractivity contribution in [2.24, 2.45) is 10.7 Å². The number of aromatic nitrogens is 3. The predicted octanol–water partition coefficient (Wildman–Crippen LogP) is 0.274. The number of hydrogen-bond acceptors (Lipinski definition) is 5. The number of nitrogen functional groups attached to an aromatic ring is 1. The highest BCUT2D eigenvalue weighted by Crippen LogP contribution is 2.28. The fraction of sp³-hybridized carbons (Fsp3) is 0.300. The molecule has 0 saturated carbocycles. The number of nitrogens with one attached hydrogen (secondary N) is 1. The van der Waals surface area contributed by atoms with E-state index in [4.69, 9.17) is 16.2 Å². The van der Waals surface area contributed by atoms with Gasteiger partial charge in [-0.15, -0.1) is 0 Å². The molecule has 90 valence electrons. The predicted molar refractivity (Wildman–Crippen MR) is 66.1 cm³/mol. The molecule has 7 nitrogen and oxygen atoms in total. The van der Waals surface area contributed by atoms with Gasteiger partial charge in [-0.25, -0.2) is 4.98 Å². The smallest absolute Gasteiger partial charge is 0.239 e. The summed E-state index contributed by atoms with van der Waals surface area (Å²) in [5.74, 6) is 0.647. The number of pyridine rings is 1. The van der Waals surface area contributed by atoms with Gasteiger partial charge in [-0.2, -0.15) is 4.98 Å². The molecule has 2 heterocycles. The van der Waals surface area contributed by atoms with Gasteiger partial charge < -0.3 is 21.2 Å². The van der Waals surface area contributed by atoms with Crippen LogP contribution in [0.25, 0.3) is 11.2 Å². The van der Waals surface area contributed by atoms with Gasteiger partial charge in [0.1, 0.15) is 11.5 Å². The summed E-state index contributed by atoms with van der Waals surface area (Å²) in [6.45, 7) is 2.47. The normalized spacial score (nSPS) is 12.0. The number of anilines is 1. The summed E-state index contributed by atoms with van der Waals surface area (Å²) in [4.78, 5) is 15.3. The van der Waals surface area contributed by atoms with E-state index in [1.54, 1.807) is 0 Å². The Labute approximate surface area is 97.9 Å². The second-order valence-corrected chi connectivity index (χ2v) is 3.37. The second-order valence-electron chi connectivity index (χ2n) is 3.37. The first-order valence-corrected chi connectivity index (χ1v) is 5.15. The van der Waals surface area contributed by atoms with Crippen LogP contribution in [0.15, 0.2) is 11.3 Å². The summed E-state index contributed by atoms with van der Waals surface area (Å²) >= 11 is 0. The number of aliphatic imine (C=N–C) groups is 1. The summed E-state index contributed by atoms with van der Waals surface area (Å²) in [6, 6.07) is 0. The summed E-state index contributed by atoms with van der Waals surface area (Å²) in [5.41, 5.74) is 14.0. The SMILES string of the molecule is CCN=C(N)c1c(N)c(OC)nc2nc[nH]c12. The monoisotopic (exact) mass is 234 g/mol. The van der Waals surface area contributed by atoms with Gasteiger partial charge >= 0.3 is 0 Å². The molecule has 0 aliphatic carbocycles. The first-order valence-electron chi connectivity index (χ1n) is 5.15. The van der Waals surface area contributed by atoms with Crippen molar-refractivity contribution in [3.63, 3.8) is 0 Å². The van der Waals surface area contributed by atoms with Crippen LogP contribution in [0.1, 0.15) is 12.5 Å². The third-order valence-corrected chi connectivity index (χ3v) is 2.35. The van der Waals surface area contributed by atoms with Crippen LogP contribution in [-0.4, -0.2) is 34.4 Å². The number of H-pyrrole nitrogens is 1. The Morgan fingerprint density at radius 1 is 1.59 bits per heavy atom. The van der Waals surface area contributed by atoms with Crippen LogP contribution < -0.4 is 16.2 Å². The summed E-state index contributed by atoms with van der Waals surface area (Å²) in [6.07, 6.45) is 1.53. The maximum atomic E-state index is 5.95. The molecule has 0 spiro atoms. The van der Waals surface area contributed by atoms with E-state index >= 15 is 0 Å². The van der Waals surface area contributed by atoms with Gasteiger partial charge in [-0.05, 0) is 6.92 Å². The van der Waals surface area contributed by atoms with Gasteiger partial charge in [0.2, 0.25) is 5.88 Å². The first kappa shape index (κ1) is 11.2. The van der Waals surface area contributed by atoms with Crippen LogP contribution in [0.4, 0.5) is 5.69 Å². The minimum atomic E-state index is 0.300. The molecule has 0 aliphatic heterocycles. The average Bonchev–Trinajstić information content (AvgIpc) is 2.75. The number of ether oxygens (including phenoxy) is 1. The van der Waals surface area contributed by atoms with Gasteiger partial charge in [0, 0.05) is 6.54 Å². The maximum Gasteiger partial charge on any atom is 0.239 e. The molecule has 2 rings (SSSR count). The lowest BCUT2D eigenvalue weighted by atomic mass is 10.2. The van der Waals surface area contributed by atoms with Crippen LogP contribution in [0.3, 0.4) is 0 Å². The minimum Gasteiger partial charge on any atom is -0.479 e. The lowest BCUT2D eigenvalue weighted by Crippen LogP contribution is -2.17. The number of fused-ring (bicyclic) bond motifs is 1. The van der Waals surface area contributed by atoms with Gasteiger partial charge in [0.25, 0.3) is 0 Å². The molecule has 0 saturated heterocycles. The zero-order valence-corrected chi connectivity index (χ0v) is 9.69. The molecule has 2 aromatic heterocycles. The number of aromatic amines is 1. The molecule has 5 N–H and O–H groups in total. The second kappa shape index (κ2) is 4.28.